The van der Waals surface area contributed by atoms with Crippen LogP contribution in [-0.4, -0.2) is 29.2 Å². The molecule has 1 saturated carbocycles. The summed E-state index contributed by atoms with van der Waals surface area (Å²) in [7, 11) is -3.57. The lowest BCUT2D eigenvalue weighted by Crippen LogP contribution is -2.38. The van der Waals surface area contributed by atoms with Crippen LogP contribution in [0.1, 0.15) is 31.7 Å². The van der Waals surface area contributed by atoms with Crippen LogP contribution in [-0.2, 0) is 10.0 Å². The van der Waals surface area contributed by atoms with Gasteiger partial charge in [-0.05, 0) is 48.9 Å². The predicted octanol–water partition coefficient (Wildman–Crippen LogP) is 3.41. The van der Waals surface area contributed by atoms with Crippen molar-refractivity contribution >= 4 is 10.0 Å². The van der Waals surface area contributed by atoms with E-state index in [-0.39, 0.29) is 12.1 Å². The summed E-state index contributed by atoms with van der Waals surface area (Å²) in [4.78, 5) is 0.301. The molecule has 2 aromatic carbocycles. The number of aromatic nitrogens is 3. The van der Waals surface area contributed by atoms with Gasteiger partial charge in [0.2, 0.25) is 10.0 Å². The molecule has 1 N–H and O–H groups in total. The van der Waals surface area contributed by atoms with Crippen molar-refractivity contribution in [2.75, 3.05) is 0 Å². The first-order chi connectivity index (χ1) is 13.1. The average Bonchev–Trinajstić information content (AvgIpc) is 3.24. The summed E-state index contributed by atoms with van der Waals surface area (Å²) in [5.41, 5.74) is 1.89. The quantitative estimate of drug-likeness (QED) is 0.734. The third-order valence-corrected chi connectivity index (χ3v) is 6.60. The van der Waals surface area contributed by atoms with Crippen LogP contribution in [0.15, 0.2) is 72.1 Å². The minimum Gasteiger partial charge on any atom is -0.317 e. The second kappa shape index (κ2) is 7.62. The number of hydrogen-bond donors (Lipinski definition) is 1. The highest BCUT2D eigenvalue weighted by atomic mass is 32.2. The highest BCUT2D eigenvalue weighted by Gasteiger charge is 2.27. The van der Waals surface area contributed by atoms with Gasteiger partial charge >= 0.3 is 0 Å². The topological polar surface area (TPSA) is 76.9 Å². The Morgan fingerprint density at radius 2 is 1.67 bits per heavy atom. The lowest BCUT2D eigenvalue weighted by molar-refractivity contribution is 0.305. The van der Waals surface area contributed by atoms with Crippen LogP contribution in [0.5, 0.6) is 0 Å². The number of sulfonamides is 1. The molecule has 140 valence electrons. The van der Waals surface area contributed by atoms with Gasteiger partial charge in [0.15, 0.2) is 0 Å². The van der Waals surface area contributed by atoms with E-state index in [1.807, 2.05) is 41.0 Å². The fraction of sp³-hybridized carbons (Fsp3) is 0.300. The van der Waals surface area contributed by atoms with E-state index in [0.29, 0.717) is 4.90 Å². The molecule has 3 aromatic rings. The molecule has 1 aliphatic rings. The minimum absolute atomic E-state index is 0.0865. The van der Waals surface area contributed by atoms with Gasteiger partial charge in [0.05, 0.1) is 4.90 Å². The van der Waals surface area contributed by atoms with Gasteiger partial charge in [-0.3, -0.25) is 0 Å². The molecule has 0 spiro atoms. The first-order valence-corrected chi connectivity index (χ1v) is 10.6. The van der Waals surface area contributed by atoms with E-state index < -0.39 is 10.0 Å². The zero-order valence-electron chi connectivity index (χ0n) is 14.9. The van der Waals surface area contributed by atoms with E-state index in [0.717, 1.165) is 36.8 Å². The standard InChI is InChI=1S/C20H22N4O2S/c25-27(26,20-11-4-8-17(12-20)16-6-2-1-3-7-16)23-18-9-5-10-19(13-18)24-14-21-22-15-24/h1-4,6-8,11-12,14-15,18-19,23H,5,9-10,13H2/t18-,19+/m0/s1. The van der Waals surface area contributed by atoms with Crippen molar-refractivity contribution in [2.24, 2.45) is 0 Å². The zero-order chi connectivity index (χ0) is 18.7. The molecular weight excluding hydrogens is 360 g/mol. The molecule has 7 heteroatoms. The van der Waals surface area contributed by atoms with Crippen LogP contribution in [0.25, 0.3) is 11.1 Å². The fourth-order valence-electron chi connectivity index (χ4n) is 3.70. The maximum absolute atomic E-state index is 12.9. The summed E-state index contributed by atoms with van der Waals surface area (Å²) in [6, 6.07) is 17.0. The summed E-state index contributed by atoms with van der Waals surface area (Å²) in [5, 5.41) is 7.71. The summed E-state index contributed by atoms with van der Waals surface area (Å²) < 4.78 is 30.7. The third-order valence-electron chi connectivity index (χ3n) is 5.08. The van der Waals surface area contributed by atoms with Crippen LogP contribution in [0.3, 0.4) is 0 Å². The van der Waals surface area contributed by atoms with Gasteiger partial charge in [-0.2, -0.15) is 0 Å². The molecule has 6 nitrogen and oxygen atoms in total. The SMILES string of the molecule is O=S(=O)(N[C@H]1CCC[C@@H](n2cnnc2)C1)c1cccc(-c2ccccc2)c1. The van der Waals surface area contributed by atoms with Gasteiger partial charge in [-0.25, -0.2) is 13.1 Å². The Morgan fingerprint density at radius 1 is 0.926 bits per heavy atom. The number of rotatable bonds is 5. The van der Waals surface area contributed by atoms with E-state index >= 15 is 0 Å². The van der Waals surface area contributed by atoms with Crippen LogP contribution in [0, 0.1) is 0 Å². The lowest BCUT2D eigenvalue weighted by Gasteiger charge is -2.30. The molecule has 2 atom stereocenters. The van der Waals surface area contributed by atoms with Crippen LogP contribution >= 0.6 is 0 Å². The summed E-state index contributed by atoms with van der Waals surface area (Å²) >= 11 is 0. The molecule has 1 fully saturated rings. The Labute approximate surface area is 159 Å². The normalized spacial score (nSPS) is 20.4. The average molecular weight is 382 g/mol. The highest BCUT2D eigenvalue weighted by molar-refractivity contribution is 7.89. The second-order valence-corrected chi connectivity index (χ2v) is 8.66. The van der Waals surface area contributed by atoms with E-state index in [1.165, 1.54) is 0 Å². The Kier molecular flexibility index (Phi) is 5.05. The molecule has 0 radical (unpaired) electrons. The summed E-state index contributed by atoms with van der Waals surface area (Å²) in [6.07, 6.45) is 6.97. The molecule has 4 rings (SSSR count). The molecular formula is C20H22N4O2S. The van der Waals surface area contributed by atoms with E-state index in [4.69, 9.17) is 0 Å². The Hall–Kier alpha value is -2.51. The molecule has 0 aliphatic heterocycles. The first kappa shape index (κ1) is 17.9. The smallest absolute Gasteiger partial charge is 0.240 e. The predicted molar refractivity (Wildman–Crippen MR) is 104 cm³/mol. The van der Waals surface area contributed by atoms with Gasteiger partial charge < -0.3 is 4.57 Å². The molecule has 1 aromatic heterocycles. The largest absolute Gasteiger partial charge is 0.317 e. The van der Waals surface area contributed by atoms with Crippen molar-refractivity contribution in [1.82, 2.24) is 19.5 Å². The van der Waals surface area contributed by atoms with Gasteiger partial charge in [0.1, 0.15) is 12.7 Å². The van der Waals surface area contributed by atoms with Crippen LogP contribution in [0.4, 0.5) is 0 Å². The number of benzene rings is 2. The van der Waals surface area contributed by atoms with E-state index in [9.17, 15) is 8.42 Å². The van der Waals surface area contributed by atoms with Gasteiger partial charge in [0.25, 0.3) is 0 Å². The summed E-state index contributed by atoms with van der Waals surface area (Å²) in [5.74, 6) is 0. The Morgan fingerprint density at radius 3 is 2.44 bits per heavy atom. The Balaban J connectivity index is 1.52. The van der Waals surface area contributed by atoms with Gasteiger partial charge in [0, 0.05) is 12.1 Å². The molecule has 0 amide bonds. The van der Waals surface area contributed by atoms with Crippen molar-refractivity contribution in [1.29, 1.82) is 0 Å². The first-order valence-electron chi connectivity index (χ1n) is 9.14. The van der Waals surface area contributed by atoms with Crippen molar-refractivity contribution in [3.63, 3.8) is 0 Å². The highest BCUT2D eigenvalue weighted by Crippen LogP contribution is 2.29. The van der Waals surface area contributed by atoms with Crippen molar-refractivity contribution in [3.8, 4) is 11.1 Å². The number of hydrogen-bond acceptors (Lipinski definition) is 4. The molecule has 0 saturated heterocycles. The minimum atomic E-state index is -3.57. The molecule has 1 aliphatic carbocycles. The van der Waals surface area contributed by atoms with Crippen molar-refractivity contribution < 1.29 is 8.42 Å². The molecule has 1 heterocycles. The van der Waals surface area contributed by atoms with Crippen LogP contribution in [0.2, 0.25) is 0 Å². The molecule has 27 heavy (non-hydrogen) atoms. The zero-order valence-corrected chi connectivity index (χ0v) is 15.7. The third kappa shape index (κ3) is 4.09. The second-order valence-electron chi connectivity index (χ2n) is 6.94. The van der Waals surface area contributed by atoms with E-state index in [1.54, 1.807) is 30.9 Å². The van der Waals surface area contributed by atoms with Crippen LogP contribution < -0.4 is 4.72 Å². The lowest BCUT2D eigenvalue weighted by atomic mass is 9.91. The molecule has 0 unspecified atom stereocenters. The number of nitrogens with one attached hydrogen (secondary N) is 1. The van der Waals surface area contributed by atoms with Crippen molar-refractivity contribution in [3.05, 3.63) is 67.3 Å². The van der Waals surface area contributed by atoms with Gasteiger partial charge in [-0.1, -0.05) is 42.5 Å². The summed E-state index contributed by atoms with van der Waals surface area (Å²) in [6.45, 7) is 0. The van der Waals surface area contributed by atoms with E-state index in [2.05, 4.69) is 14.9 Å². The maximum atomic E-state index is 12.9. The van der Waals surface area contributed by atoms with Gasteiger partial charge in [-0.15, -0.1) is 10.2 Å². The van der Waals surface area contributed by atoms with Crippen molar-refractivity contribution in [2.45, 2.75) is 42.7 Å². The monoisotopic (exact) mass is 382 g/mol. The number of nitrogens with zero attached hydrogens (tertiary/aromatic N) is 3. The molecule has 0 bridgehead atoms. The maximum Gasteiger partial charge on any atom is 0.240 e. The Bertz CT molecular complexity index is 988. The fourth-order valence-corrected chi connectivity index (χ4v) is 5.03.